The van der Waals surface area contributed by atoms with Crippen molar-refractivity contribution in [3.63, 3.8) is 0 Å². The number of imidazole rings is 2. The molecule has 4 atom stereocenters. The lowest BCUT2D eigenvalue weighted by Gasteiger charge is -2.30. The van der Waals surface area contributed by atoms with E-state index in [4.69, 9.17) is 9.47 Å². The Hall–Kier alpha value is -5.31. The van der Waals surface area contributed by atoms with Crippen LogP contribution in [0.3, 0.4) is 0 Å². The van der Waals surface area contributed by atoms with Crippen LogP contribution in [0.5, 0.6) is 0 Å². The van der Waals surface area contributed by atoms with E-state index in [1.165, 1.54) is 14.2 Å². The molecule has 4 heterocycles. The third-order valence-electron chi connectivity index (χ3n) is 9.96. The summed E-state index contributed by atoms with van der Waals surface area (Å²) >= 11 is 1.64. The highest BCUT2D eigenvalue weighted by Gasteiger charge is 2.39. The predicted octanol–water partition coefficient (Wildman–Crippen LogP) is 6.13. The van der Waals surface area contributed by atoms with E-state index in [2.05, 4.69) is 54.8 Å². The van der Waals surface area contributed by atoms with Gasteiger partial charge in [-0.3, -0.25) is 9.59 Å². The Bertz CT molecular complexity index is 1800. The second-order valence-corrected chi connectivity index (χ2v) is 15.4. The van der Waals surface area contributed by atoms with Gasteiger partial charge in [-0.05, 0) is 46.9 Å². The zero-order valence-electron chi connectivity index (χ0n) is 31.4. The number of H-pyrrole nitrogens is 2. The Labute approximate surface area is 319 Å². The number of carbonyl (C=O) groups excluding carboxylic acids is 4. The van der Waals surface area contributed by atoms with Crippen molar-refractivity contribution in [3.8, 4) is 33.6 Å². The van der Waals surface area contributed by atoms with Gasteiger partial charge >= 0.3 is 12.2 Å². The molecule has 2 aromatic carbocycles. The monoisotopic (exact) mass is 756 g/mol. The second kappa shape index (κ2) is 16.8. The normalized spacial score (nSPS) is 18.1. The largest absolute Gasteiger partial charge is 0.453 e. The summed E-state index contributed by atoms with van der Waals surface area (Å²) in [4.78, 5) is 70.6. The van der Waals surface area contributed by atoms with Gasteiger partial charge in [-0.25, -0.2) is 19.6 Å². The molecule has 15 heteroatoms. The number of amides is 4. The van der Waals surface area contributed by atoms with Crippen LogP contribution in [0.2, 0.25) is 0 Å². The summed E-state index contributed by atoms with van der Waals surface area (Å²) in [6.45, 7) is 8.73. The third kappa shape index (κ3) is 8.25. The topological polar surface area (TPSA) is 175 Å². The van der Waals surface area contributed by atoms with Crippen molar-refractivity contribution in [3.05, 3.63) is 72.6 Å². The number of thioether (sulfide) groups is 1. The smallest absolute Gasteiger partial charge is 0.407 e. The van der Waals surface area contributed by atoms with Gasteiger partial charge < -0.3 is 39.9 Å². The Morgan fingerprint density at radius 2 is 1.17 bits per heavy atom. The average molecular weight is 757 g/mol. The maximum atomic E-state index is 13.5. The van der Waals surface area contributed by atoms with Crippen LogP contribution in [0.1, 0.15) is 63.6 Å². The highest BCUT2D eigenvalue weighted by Crippen LogP contribution is 2.38. The maximum Gasteiger partial charge on any atom is 0.407 e. The molecule has 2 fully saturated rings. The number of nitrogens with one attached hydrogen (secondary N) is 4. The number of carbonyl (C=O) groups is 4. The highest BCUT2D eigenvalue weighted by molar-refractivity contribution is 7.99. The zero-order chi connectivity index (χ0) is 38.5. The van der Waals surface area contributed by atoms with Crippen molar-refractivity contribution in [2.45, 2.75) is 64.0 Å². The fraction of sp³-hybridized carbons (Fsp3) is 0.436. The van der Waals surface area contributed by atoms with Gasteiger partial charge in [0.25, 0.3) is 0 Å². The van der Waals surface area contributed by atoms with Crippen LogP contribution < -0.4 is 10.6 Å². The first-order valence-electron chi connectivity index (χ1n) is 18.2. The van der Waals surface area contributed by atoms with E-state index in [0.717, 1.165) is 58.1 Å². The van der Waals surface area contributed by atoms with Crippen LogP contribution in [0.25, 0.3) is 33.6 Å². The quantitative estimate of drug-likeness (QED) is 0.140. The Morgan fingerprint density at radius 3 is 1.67 bits per heavy atom. The molecular weight excluding hydrogens is 709 g/mol. The number of aromatic nitrogens is 4. The van der Waals surface area contributed by atoms with Gasteiger partial charge in [-0.2, -0.15) is 0 Å². The third-order valence-corrected chi connectivity index (χ3v) is 11.2. The minimum absolute atomic E-state index is 0.105. The van der Waals surface area contributed by atoms with Crippen LogP contribution >= 0.6 is 11.8 Å². The van der Waals surface area contributed by atoms with E-state index in [-0.39, 0.29) is 35.1 Å². The van der Waals surface area contributed by atoms with Gasteiger partial charge in [-0.15, -0.1) is 11.8 Å². The van der Waals surface area contributed by atoms with Gasteiger partial charge in [0.1, 0.15) is 29.1 Å². The number of benzene rings is 2. The van der Waals surface area contributed by atoms with Gasteiger partial charge in [0.2, 0.25) is 11.8 Å². The van der Waals surface area contributed by atoms with E-state index in [1.54, 1.807) is 34.0 Å². The Kier molecular flexibility index (Phi) is 11.9. The SMILES string of the molecule is COC(=O)N[C@H](C(=O)N1CCC[C@H]1c1ncc(-c2ccc(-c3ccc(-c4cnc([C@@H]5SCCN5C(=O)[C@@H](NC(=O)OC)C(C)C)[nH]4)cc3)cc2)[nH]1)C(C)C. The molecule has 0 bridgehead atoms. The minimum Gasteiger partial charge on any atom is -0.453 e. The number of ether oxygens (including phenoxy) is 2. The van der Waals surface area contributed by atoms with E-state index < -0.39 is 24.3 Å². The minimum atomic E-state index is -0.700. The Balaban J connectivity index is 1.11. The Morgan fingerprint density at radius 1 is 0.704 bits per heavy atom. The van der Waals surface area contributed by atoms with Crippen molar-refractivity contribution in [2.75, 3.05) is 33.1 Å². The molecule has 2 aromatic heterocycles. The molecule has 0 aliphatic carbocycles. The van der Waals surface area contributed by atoms with Gasteiger partial charge in [0.05, 0.1) is 44.0 Å². The average Bonchev–Trinajstić information content (AvgIpc) is 4.02. The van der Waals surface area contributed by atoms with Crippen LogP contribution in [0.4, 0.5) is 9.59 Å². The van der Waals surface area contributed by atoms with Crippen molar-refractivity contribution < 1.29 is 28.7 Å². The van der Waals surface area contributed by atoms with E-state index in [0.29, 0.717) is 18.9 Å². The van der Waals surface area contributed by atoms with Gasteiger partial charge in [0.15, 0.2) is 0 Å². The molecule has 0 radical (unpaired) electrons. The number of alkyl carbamates (subject to hydrolysis) is 2. The summed E-state index contributed by atoms with van der Waals surface area (Å²) in [5, 5.41) is 5.08. The number of methoxy groups -OCH3 is 2. The summed E-state index contributed by atoms with van der Waals surface area (Å²) in [7, 11) is 2.57. The van der Waals surface area contributed by atoms with Gasteiger partial charge in [0, 0.05) is 18.8 Å². The lowest BCUT2D eigenvalue weighted by molar-refractivity contribution is -0.136. The van der Waals surface area contributed by atoms with Crippen molar-refractivity contribution in [1.29, 1.82) is 0 Å². The first-order valence-corrected chi connectivity index (χ1v) is 19.3. The molecule has 4 N–H and O–H groups in total. The summed E-state index contributed by atoms with van der Waals surface area (Å²) in [5.41, 5.74) is 5.74. The molecule has 286 valence electrons. The molecule has 0 spiro atoms. The predicted molar refractivity (Wildman–Crippen MR) is 206 cm³/mol. The molecule has 4 aromatic rings. The van der Waals surface area contributed by atoms with Crippen LogP contribution in [-0.2, 0) is 19.1 Å². The molecule has 2 aliphatic rings. The lowest BCUT2D eigenvalue weighted by Crippen LogP contribution is -2.51. The molecule has 4 amide bonds. The van der Waals surface area contributed by atoms with E-state index in [1.807, 2.05) is 52.0 Å². The number of hydrogen-bond acceptors (Lipinski definition) is 9. The fourth-order valence-electron chi connectivity index (χ4n) is 6.94. The van der Waals surface area contributed by atoms with Crippen LogP contribution in [-0.4, -0.2) is 98.9 Å². The number of aromatic amines is 2. The lowest BCUT2D eigenvalue weighted by atomic mass is 10.0. The van der Waals surface area contributed by atoms with Gasteiger partial charge in [-0.1, -0.05) is 76.2 Å². The van der Waals surface area contributed by atoms with Crippen molar-refractivity contribution in [2.24, 2.45) is 11.8 Å². The number of likely N-dealkylation sites (tertiary alicyclic amines) is 1. The molecule has 0 unspecified atom stereocenters. The molecule has 2 aliphatic heterocycles. The standard InChI is InChI=1S/C39H48N8O6S/c1-22(2)31(44-38(50)52-5)35(48)46-17-7-8-30(46)33-40-20-28(42-33)26-13-9-24(10-14-26)25-11-15-27(16-12-25)29-21-41-34(43-29)37-47(18-19-54-37)36(49)32(23(3)4)45-39(51)53-6/h9-16,20-23,30-32,37H,7-8,17-19H2,1-6H3,(H,40,42)(H,41,43)(H,44,50)(H,45,51)/t30-,31-,32-,37-/m0/s1. The van der Waals surface area contributed by atoms with Crippen molar-refractivity contribution in [1.82, 2.24) is 40.4 Å². The van der Waals surface area contributed by atoms with E-state index >= 15 is 0 Å². The number of rotatable bonds is 11. The van der Waals surface area contributed by atoms with Crippen LogP contribution in [0.15, 0.2) is 60.9 Å². The zero-order valence-corrected chi connectivity index (χ0v) is 32.2. The number of nitrogens with zero attached hydrogens (tertiary/aromatic N) is 4. The molecule has 2 saturated heterocycles. The molecule has 6 rings (SSSR count). The fourth-order valence-corrected chi connectivity index (χ4v) is 8.13. The second-order valence-electron chi connectivity index (χ2n) is 14.2. The first-order chi connectivity index (χ1) is 26.0. The first kappa shape index (κ1) is 38.4. The molecule has 14 nitrogen and oxygen atoms in total. The highest BCUT2D eigenvalue weighted by atomic mass is 32.2. The maximum absolute atomic E-state index is 13.5. The van der Waals surface area contributed by atoms with E-state index in [9.17, 15) is 19.2 Å². The summed E-state index contributed by atoms with van der Waals surface area (Å²) in [5.74, 6) is 1.65. The van der Waals surface area contributed by atoms with Crippen LogP contribution in [0, 0.1) is 11.8 Å². The molecule has 54 heavy (non-hydrogen) atoms. The number of hydrogen-bond donors (Lipinski definition) is 4. The molecular formula is C39H48N8O6S. The summed E-state index contributed by atoms with van der Waals surface area (Å²) in [6, 6.07) is 14.9. The molecule has 0 saturated carbocycles. The summed E-state index contributed by atoms with van der Waals surface area (Å²) < 4.78 is 9.49. The van der Waals surface area contributed by atoms with Crippen molar-refractivity contribution >= 4 is 35.8 Å². The summed E-state index contributed by atoms with van der Waals surface area (Å²) in [6.07, 6.45) is 3.96.